The summed E-state index contributed by atoms with van der Waals surface area (Å²) in [5.74, 6) is 1.06. The van der Waals surface area contributed by atoms with Gasteiger partial charge in [-0.2, -0.15) is 0 Å². The van der Waals surface area contributed by atoms with Gasteiger partial charge in [-0.15, -0.1) is 0 Å². The molecule has 126 valence electrons. The van der Waals surface area contributed by atoms with Crippen LogP contribution < -0.4 is 15.0 Å². The Labute approximate surface area is 143 Å². The number of hydrogen-bond donors (Lipinski definition) is 2. The van der Waals surface area contributed by atoms with Crippen LogP contribution in [0.15, 0.2) is 28.0 Å². The molecule has 3 rings (SSSR count). The molecule has 1 aromatic heterocycles. The van der Waals surface area contributed by atoms with Gasteiger partial charge < -0.3 is 14.6 Å². The maximum atomic E-state index is 12.1. The van der Waals surface area contributed by atoms with E-state index in [0.717, 1.165) is 6.42 Å². The van der Waals surface area contributed by atoms with E-state index in [2.05, 4.69) is 9.98 Å². The second-order valence-corrected chi connectivity index (χ2v) is 5.81. The Hall–Kier alpha value is -2.61. The Bertz CT molecular complexity index is 917. The fourth-order valence-corrected chi connectivity index (χ4v) is 2.72. The minimum Gasteiger partial charge on any atom is -0.494 e. The van der Waals surface area contributed by atoms with Gasteiger partial charge in [-0.25, -0.2) is 0 Å². The lowest BCUT2D eigenvalue weighted by Gasteiger charge is -2.16. The second kappa shape index (κ2) is 6.48. The van der Waals surface area contributed by atoms with Gasteiger partial charge in [0.05, 0.1) is 5.69 Å². The number of aliphatic imine (C=N–C) groups is 1. The molecule has 1 aromatic carbocycles. The summed E-state index contributed by atoms with van der Waals surface area (Å²) < 4.78 is 12.2. The fourth-order valence-electron chi connectivity index (χ4n) is 2.36. The third-order valence-electron chi connectivity index (χ3n) is 3.88. The van der Waals surface area contributed by atoms with Crippen LogP contribution in [-0.4, -0.2) is 27.7 Å². The number of aromatic hydroxyl groups is 1. The van der Waals surface area contributed by atoms with E-state index in [0.29, 0.717) is 17.2 Å². The summed E-state index contributed by atoms with van der Waals surface area (Å²) in [6, 6.07) is 5.13. The molecule has 2 N–H and O–H groups in total. The van der Waals surface area contributed by atoms with Crippen molar-refractivity contribution in [2.45, 2.75) is 26.3 Å². The Kier molecular flexibility index (Phi) is 4.39. The van der Waals surface area contributed by atoms with E-state index in [1.165, 1.54) is 10.8 Å². The smallest absolute Gasteiger partial charge is 0.264 e. The summed E-state index contributed by atoms with van der Waals surface area (Å²) >= 11 is 5.13. The van der Waals surface area contributed by atoms with E-state index in [1.54, 1.807) is 18.2 Å². The first-order valence-corrected chi connectivity index (χ1v) is 7.93. The summed E-state index contributed by atoms with van der Waals surface area (Å²) in [5, 5.41) is 10.4. The molecule has 2 heterocycles. The predicted molar refractivity (Wildman–Crippen MR) is 92.4 cm³/mol. The molecule has 1 unspecified atom stereocenters. The Morgan fingerprint density at radius 3 is 2.96 bits per heavy atom. The number of H-pyrrole nitrogens is 1. The van der Waals surface area contributed by atoms with Crippen LogP contribution >= 0.6 is 12.2 Å². The Morgan fingerprint density at radius 2 is 2.21 bits per heavy atom. The largest absolute Gasteiger partial charge is 0.494 e. The number of fused-ring (bicyclic) bond motifs is 1. The zero-order valence-electron chi connectivity index (χ0n) is 13.3. The van der Waals surface area contributed by atoms with Gasteiger partial charge in [-0.1, -0.05) is 6.92 Å². The lowest BCUT2D eigenvalue weighted by atomic mass is 10.2. The molecule has 1 atom stereocenters. The van der Waals surface area contributed by atoms with Crippen LogP contribution in [0.2, 0.25) is 0 Å². The molecular formula is C16H17N3O4S. The minimum absolute atomic E-state index is 0.0490. The molecule has 0 fully saturated rings. The predicted octanol–water partition coefficient (Wildman–Crippen LogP) is 3.06. The van der Waals surface area contributed by atoms with Crippen molar-refractivity contribution in [3.05, 3.63) is 38.9 Å². The van der Waals surface area contributed by atoms with Crippen LogP contribution in [0, 0.1) is 4.77 Å². The molecule has 24 heavy (non-hydrogen) atoms. The van der Waals surface area contributed by atoms with Crippen molar-refractivity contribution in [2.24, 2.45) is 4.99 Å². The molecule has 0 saturated carbocycles. The van der Waals surface area contributed by atoms with Gasteiger partial charge in [-0.05, 0) is 37.7 Å². The molecule has 0 saturated heterocycles. The van der Waals surface area contributed by atoms with Crippen LogP contribution in [0.3, 0.4) is 0 Å². The lowest BCUT2D eigenvalue weighted by Crippen LogP contribution is -2.20. The standard InChI is InChI=1S/C16H17N3O4S/c1-3-9(2)19-15(21)11(14(20)18-16(19)24)7-17-10-4-5-12-13(6-10)23-8-22-12/h4-7,9,21H,3,8H2,1-2H3,(H,18,20,24). The van der Waals surface area contributed by atoms with Crippen LogP contribution in [0.1, 0.15) is 31.9 Å². The van der Waals surface area contributed by atoms with Gasteiger partial charge in [0.1, 0.15) is 5.56 Å². The topological polar surface area (TPSA) is 88.8 Å². The second-order valence-electron chi connectivity index (χ2n) is 5.42. The van der Waals surface area contributed by atoms with E-state index in [9.17, 15) is 9.90 Å². The number of aromatic nitrogens is 2. The minimum atomic E-state index is -0.485. The first-order chi connectivity index (χ1) is 11.5. The first kappa shape index (κ1) is 16.3. The quantitative estimate of drug-likeness (QED) is 0.655. The molecule has 7 nitrogen and oxygen atoms in total. The van der Waals surface area contributed by atoms with Crippen molar-refractivity contribution in [2.75, 3.05) is 6.79 Å². The van der Waals surface area contributed by atoms with Crippen molar-refractivity contribution in [3.63, 3.8) is 0 Å². The summed E-state index contributed by atoms with van der Waals surface area (Å²) in [7, 11) is 0. The number of hydrogen-bond acceptors (Lipinski definition) is 6. The number of aromatic amines is 1. The first-order valence-electron chi connectivity index (χ1n) is 7.52. The van der Waals surface area contributed by atoms with Gasteiger partial charge in [0, 0.05) is 18.3 Å². The molecule has 0 amide bonds. The average Bonchev–Trinajstić information content (AvgIpc) is 3.01. The van der Waals surface area contributed by atoms with Gasteiger partial charge in [-0.3, -0.25) is 19.3 Å². The highest BCUT2D eigenvalue weighted by Gasteiger charge is 2.15. The highest BCUT2D eigenvalue weighted by atomic mass is 32.1. The van der Waals surface area contributed by atoms with Crippen molar-refractivity contribution in [1.82, 2.24) is 9.55 Å². The number of nitrogens with zero attached hydrogens (tertiary/aromatic N) is 2. The molecule has 2 aromatic rings. The molecule has 1 aliphatic heterocycles. The van der Waals surface area contributed by atoms with Crippen molar-refractivity contribution in [1.29, 1.82) is 0 Å². The lowest BCUT2D eigenvalue weighted by molar-refractivity contribution is 0.174. The molecule has 0 spiro atoms. The van der Waals surface area contributed by atoms with Gasteiger partial charge in [0.15, 0.2) is 16.3 Å². The SMILES string of the molecule is CCC(C)n1c(O)c(C=Nc2ccc3c(c2)OCO3)c(=O)[nH]c1=S. The Balaban J connectivity index is 2.01. The summed E-state index contributed by atoms with van der Waals surface area (Å²) in [6.45, 7) is 4.06. The van der Waals surface area contributed by atoms with E-state index in [4.69, 9.17) is 21.7 Å². The number of rotatable bonds is 4. The maximum absolute atomic E-state index is 12.1. The van der Waals surface area contributed by atoms with Crippen LogP contribution in [-0.2, 0) is 0 Å². The monoisotopic (exact) mass is 347 g/mol. The van der Waals surface area contributed by atoms with Crippen LogP contribution in [0.4, 0.5) is 5.69 Å². The molecule has 1 aliphatic rings. The zero-order valence-corrected chi connectivity index (χ0v) is 14.1. The van der Waals surface area contributed by atoms with Gasteiger partial charge in [0.25, 0.3) is 5.56 Å². The summed E-state index contributed by atoms with van der Waals surface area (Å²) in [4.78, 5) is 18.9. The van der Waals surface area contributed by atoms with Gasteiger partial charge in [0.2, 0.25) is 12.7 Å². The highest BCUT2D eigenvalue weighted by molar-refractivity contribution is 7.71. The average molecular weight is 347 g/mol. The summed E-state index contributed by atoms with van der Waals surface area (Å²) in [6.07, 6.45) is 2.08. The number of nitrogens with one attached hydrogen (secondary N) is 1. The molecule has 0 bridgehead atoms. The Morgan fingerprint density at radius 1 is 1.46 bits per heavy atom. The van der Waals surface area contributed by atoms with Gasteiger partial charge >= 0.3 is 0 Å². The highest BCUT2D eigenvalue weighted by Crippen LogP contribution is 2.35. The third-order valence-corrected chi connectivity index (χ3v) is 4.18. The van der Waals surface area contributed by atoms with E-state index in [1.807, 2.05) is 13.8 Å². The molecule has 8 heteroatoms. The van der Waals surface area contributed by atoms with Crippen molar-refractivity contribution >= 4 is 24.1 Å². The number of benzene rings is 1. The van der Waals surface area contributed by atoms with Crippen molar-refractivity contribution < 1.29 is 14.6 Å². The molecular weight excluding hydrogens is 330 g/mol. The molecule has 0 aliphatic carbocycles. The van der Waals surface area contributed by atoms with Crippen LogP contribution in [0.5, 0.6) is 17.4 Å². The molecule has 0 radical (unpaired) electrons. The third kappa shape index (κ3) is 2.92. The van der Waals surface area contributed by atoms with E-state index >= 15 is 0 Å². The van der Waals surface area contributed by atoms with Crippen molar-refractivity contribution in [3.8, 4) is 17.4 Å². The maximum Gasteiger partial charge on any atom is 0.264 e. The fraction of sp³-hybridized carbons (Fsp3) is 0.312. The zero-order chi connectivity index (χ0) is 17.3. The van der Waals surface area contributed by atoms with Crippen LogP contribution in [0.25, 0.3) is 0 Å². The van der Waals surface area contributed by atoms with E-state index in [-0.39, 0.29) is 29.0 Å². The number of ether oxygens (including phenoxy) is 2. The normalized spacial score (nSPS) is 14.2. The summed E-state index contributed by atoms with van der Waals surface area (Å²) in [5.41, 5.74) is 0.152. The van der Waals surface area contributed by atoms with E-state index < -0.39 is 5.56 Å².